The third kappa shape index (κ3) is 13.3. The van der Waals surface area contributed by atoms with Crippen molar-refractivity contribution >= 4 is 29.7 Å². The van der Waals surface area contributed by atoms with E-state index in [9.17, 15) is 24.0 Å². The third-order valence-electron chi connectivity index (χ3n) is 3.24. The Morgan fingerprint density at radius 3 is 2.25 bits per heavy atom. The van der Waals surface area contributed by atoms with E-state index < -0.39 is 37.0 Å². The summed E-state index contributed by atoms with van der Waals surface area (Å²) in [5.74, 6) is -3.71. The van der Waals surface area contributed by atoms with Gasteiger partial charge in [0.25, 0.3) is 0 Å². The van der Waals surface area contributed by atoms with Gasteiger partial charge in [-0.05, 0) is 13.3 Å². The predicted molar refractivity (Wildman–Crippen MR) is 95.3 cm³/mol. The fraction of sp³-hybridized carbons (Fsp3) is 0.588. The topological polar surface area (TPSA) is 160 Å². The van der Waals surface area contributed by atoms with E-state index in [4.69, 9.17) is 19.7 Å². The molecule has 0 spiro atoms. The lowest BCUT2D eigenvalue weighted by atomic mass is 10.2. The summed E-state index contributed by atoms with van der Waals surface area (Å²) in [5.41, 5.74) is 0.205. The zero-order valence-electron chi connectivity index (χ0n) is 15.8. The second kappa shape index (κ2) is 14.2. The molecule has 11 heteroatoms. The molecule has 0 unspecified atom stereocenters. The van der Waals surface area contributed by atoms with E-state index in [-0.39, 0.29) is 57.0 Å². The molecule has 0 fully saturated rings. The van der Waals surface area contributed by atoms with E-state index in [2.05, 4.69) is 11.9 Å². The minimum atomic E-state index is -1.22. The number of carbonyl (C=O) groups is 5. The van der Waals surface area contributed by atoms with Crippen molar-refractivity contribution in [2.45, 2.75) is 26.2 Å². The van der Waals surface area contributed by atoms with Gasteiger partial charge in [-0.15, -0.1) is 0 Å². The normalized spacial score (nSPS) is 10.0. The number of rotatable bonds is 15. The molecule has 0 saturated heterocycles. The predicted octanol–water partition coefficient (Wildman–Crippen LogP) is -0.593. The lowest BCUT2D eigenvalue weighted by Gasteiger charge is -2.22. The van der Waals surface area contributed by atoms with Crippen LogP contribution in [0.4, 0.5) is 0 Å². The van der Waals surface area contributed by atoms with Gasteiger partial charge in [-0.2, -0.15) is 0 Å². The summed E-state index contributed by atoms with van der Waals surface area (Å²) in [6.45, 7) is 3.87. The smallest absolute Gasteiger partial charge is 0.333 e. The van der Waals surface area contributed by atoms with E-state index in [1.165, 1.54) is 11.8 Å². The Kier molecular flexibility index (Phi) is 12.7. The second-order valence-corrected chi connectivity index (χ2v) is 5.78. The fourth-order valence-corrected chi connectivity index (χ4v) is 1.87. The van der Waals surface area contributed by atoms with Gasteiger partial charge in [0.2, 0.25) is 11.8 Å². The minimum absolute atomic E-state index is 0.0170. The molecular formula is C17H26N2O9. The number of amides is 2. The second-order valence-electron chi connectivity index (χ2n) is 5.78. The van der Waals surface area contributed by atoms with Crippen LogP contribution in [0.2, 0.25) is 0 Å². The van der Waals surface area contributed by atoms with E-state index in [1.807, 2.05) is 0 Å². The Bertz CT molecular complexity index is 589. The van der Waals surface area contributed by atoms with Gasteiger partial charge in [-0.3, -0.25) is 14.4 Å². The van der Waals surface area contributed by atoms with Crippen LogP contribution < -0.4 is 5.32 Å². The number of aliphatic carboxylic acids is 2. The number of nitrogens with zero attached hydrogens (tertiary/aromatic N) is 1. The molecule has 2 amide bonds. The van der Waals surface area contributed by atoms with Gasteiger partial charge in [0.1, 0.15) is 19.8 Å². The van der Waals surface area contributed by atoms with Crippen LogP contribution in [0, 0.1) is 0 Å². The molecule has 0 bridgehead atoms. The van der Waals surface area contributed by atoms with Crippen molar-refractivity contribution in [3.05, 3.63) is 12.2 Å². The first-order valence-electron chi connectivity index (χ1n) is 8.52. The van der Waals surface area contributed by atoms with E-state index in [0.717, 1.165) is 0 Å². The summed E-state index contributed by atoms with van der Waals surface area (Å²) >= 11 is 0. The Hall–Kier alpha value is -2.95. The number of nitrogens with one attached hydrogen (secondary N) is 1. The van der Waals surface area contributed by atoms with E-state index in [1.54, 1.807) is 0 Å². The Balaban J connectivity index is 4.45. The lowest BCUT2D eigenvalue weighted by molar-refractivity contribution is -0.148. The van der Waals surface area contributed by atoms with Crippen LogP contribution in [0.25, 0.3) is 0 Å². The van der Waals surface area contributed by atoms with Gasteiger partial charge < -0.3 is 29.9 Å². The van der Waals surface area contributed by atoms with Crippen LogP contribution in [0.15, 0.2) is 12.2 Å². The molecule has 0 heterocycles. The quantitative estimate of drug-likeness (QED) is 0.240. The van der Waals surface area contributed by atoms with Crippen molar-refractivity contribution in [3.63, 3.8) is 0 Å². The van der Waals surface area contributed by atoms with Crippen LogP contribution in [0.5, 0.6) is 0 Å². The van der Waals surface area contributed by atoms with Gasteiger partial charge in [0.15, 0.2) is 0 Å². The molecule has 0 aromatic carbocycles. The molecule has 158 valence electrons. The number of ether oxygens (including phenoxy) is 2. The first-order valence-corrected chi connectivity index (χ1v) is 8.52. The Labute approximate surface area is 162 Å². The van der Waals surface area contributed by atoms with Crippen molar-refractivity contribution in [3.8, 4) is 0 Å². The summed E-state index contributed by atoms with van der Waals surface area (Å²) in [4.78, 5) is 57.2. The molecule has 0 aliphatic heterocycles. The minimum Gasteiger partial charge on any atom is -0.481 e. The molecule has 0 rings (SSSR count). The average molecular weight is 402 g/mol. The molecule has 0 aromatic rings. The average Bonchev–Trinajstić information content (AvgIpc) is 2.59. The van der Waals surface area contributed by atoms with Gasteiger partial charge >= 0.3 is 17.9 Å². The van der Waals surface area contributed by atoms with Crippen molar-refractivity contribution in [2.75, 3.05) is 39.5 Å². The third-order valence-corrected chi connectivity index (χ3v) is 3.24. The highest BCUT2D eigenvalue weighted by atomic mass is 16.5. The number of carboxylic acids is 2. The van der Waals surface area contributed by atoms with Gasteiger partial charge in [0.05, 0.1) is 6.54 Å². The monoisotopic (exact) mass is 402 g/mol. The summed E-state index contributed by atoms with van der Waals surface area (Å²) in [6, 6.07) is 0. The zero-order chi connectivity index (χ0) is 21.5. The summed E-state index contributed by atoms with van der Waals surface area (Å²) in [5, 5.41) is 19.6. The van der Waals surface area contributed by atoms with E-state index >= 15 is 0 Å². The van der Waals surface area contributed by atoms with Gasteiger partial charge in [-0.25, -0.2) is 9.59 Å². The van der Waals surface area contributed by atoms with E-state index in [0.29, 0.717) is 0 Å². The summed E-state index contributed by atoms with van der Waals surface area (Å²) < 4.78 is 9.67. The molecule has 0 atom stereocenters. The maximum absolute atomic E-state index is 12.1. The van der Waals surface area contributed by atoms with Crippen LogP contribution >= 0.6 is 0 Å². The maximum Gasteiger partial charge on any atom is 0.333 e. The SMILES string of the molecule is C=C(C)C(=O)OCCN(CCNC(=O)CCCC(=O)O)C(=O)COCC(=O)O. The molecule has 0 radical (unpaired) electrons. The molecular weight excluding hydrogens is 376 g/mol. The zero-order valence-corrected chi connectivity index (χ0v) is 15.8. The van der Waals surface area contributed by atoms with Crippen molar-refractivity contribution in [1.82, 2.24) is 10.2 Å². The van der Waals surface area contributed by atoms with Crippen LogP contribution in [0.3, 0.4) is 0 Å². The number of esters is 1. The lowest BCUT2D eigenvalue weighted by Crippen LogP contribution is -2.42. The molecule has 0 saturated carbocycles. The first-order chi connectivity index (χ1) is 13.1. The first kappa shape index (κ1) is 25.1. The molecule has 3 N–H and O–H groups in total. The van der Waals surface area contributed by atoms with Crippen molar-refractivity contribution in [1.29, 1.82) is 0 Å². The standard InChI is InChI=1S/C17H26N2O9/c1-12(2)17(26)28-9-8-19(14(21)10-27-11-16(24)25)7-6-18-13(20)4-3-5-15(22)23/h1,3-11H2,2H3,(H,18,20)(H,22,23)(H,24,25). The summed E-state index contributed by atoms with van der Waals surface area (Å²) in [7, 11) is 0. The van der Waals surface area contributed by atoms with Crippen LogP contribution in [-0.2, 0) is 33.4 Å². The number of carbonyl (C=O) groups excluding carboxylic acids is 3. The van der Waals surface area contributed by atoms with Crippen LogP contribution in [-0.4, -0.2) is 84.3 Å². The van der Waals surface area contributed by atoms with Gasteiger partial charge in [-0.1, -0.05) is 6.58 Å². The Morgan fingerprint density at radius 2 is 1.68 bits per heavy atom. The van der Waals surface area contributed by atoms with Crippen LogP contribution in [0.1, 0.15) is 26.2 Å². The van der Waals surface area contributed by atoms with Crippen molar-refractivity contribution < 1.29 is 43.7 Å². The molecule has 0 aromatic heterocycles. The number of hydrogen-bond donors (Lipinski definition) is 3. The largest absolute Gasteiger partial charge is 0.481 e. The highest BCUT2D eigenvalue weighted by Crippen LogP contribution is 1.97. The fourth-order valence-electron chi connectivity index (χ4n) is 1.87. The molecule has 11 nitrogen and oxygen atoms in total. The molecule has 0 aliphatic carbocycles. The maximum atomic E-state index is 12.1. The molecule has 28 heavy (non-hydrogen) atoms. The highest BCUT2D eigenvalue weighted by molar-refractivity contribution is 5.87. The Morgan fingerprint density at radius 1 is 1.00 bits per heavy atom. The van der Waals surface area contributed by atoms with Crippen molar-refractivity contribution in [2.24, 2.45) is 0 Å². The molecule has 0 aliphatic rings. The number of hydrogen-bond acceptors (Lipinski definition) is 7. The highest BCUT2D eigenvalue weighted by Gasteiger charge is 2.16. The summed E-state index contributed by atoms with van der Waals surface area (Å²) in [6.07, 6.45) is 0.120. The number of carboxylic acid groups (broad SMARTS) is 2. The van der Waals surface area contributed by atoms with Gasteiger partial charge in [0, 0.05) is 31.5 Å².